The van der Waals surface area contributed by atoms with E-state index in [1.807, 2.05) is 0 Å². The predicted octanol–water partition coefficient (Wildman–Crippen LogP) is 18.0. The lowest BCUT2D eigenvalue weighted by molar-refractivity contribution is -0.148. The van der Waals surface area contributed by atoms with Gasteiger partial charge in [-0.1, -0.05) is 205 Å². The Hall–Kier alpha value is -10.5. The van der Waals surface area contributed by atoms with Crippen LogP contribution in [0.3, 0.4) is 0 Å². The van der Waals surface area contributed by atoms with Crippen LogP contribution in [0, 0.1) is 0 Å². The summed E-state index contributed by atoms with van der Waals surface area (Å²) in [6.45, 7) is 28.7. The van der Waals surface area contributed by atoms with Crippen molar-refractivity contribution in [2.24, 2.45) is 0 Å². The van der Waals surface area contributed by atoms with E-state index in [0.717, 1.165) is 195 Å². The van der Waals surface area contributed by atoms with E-state index in [2.05, 4.69) is 103 Å². The fourth-order valence-corrected chi connectivity index (χ4v) is 14.1. The van der Waals surface area contributed by atoms with E-state index in [4.69, 9.17) is 56.8 Å². The van der Waals surface area contributed by atoms with Gasteiger partial charge in [0.25, 0.3) is 0 Å². The van der Waals surface area contributed by atoms with E-state index >= 15 is 0 Å². The summed E-state index contributed by atoms with van der Waals surface area (Å²) < 4.78 is 73.0. The smallest absolute Gasteiger partial charge is 0.336 e. The maximum Gasteiger partial charge on any atom is 0.336 e. The van der Waals surface area contributed by atoms with Crippen LogP contribution in [0.4, 0.5) is 0 Å². The third kappa shape index (κ3) is 41.3. The Morgan fingerprint density at radius 1 is 0.242 bits per heavy atom. The SMILES string of the molecule is C=C(COC(=O)CC(C)=O)C(=O)OCCCc1cc2c(OCCCCCCC)c(c1)Cc1cc(CCCOC(=O)C(=C)COC(=O)CC(C)=O)cc(c1OCCCCCCC)Cc1cc(CCCOC(=O)C(=C)COC(=O)CC(C)=O)cc(c1OCCCCCCC)Cc1cc(CCCOC(=O)C(=C)COC(=O)CC(C)=O)cc(c1OCCCCCCC)C2. The van der Waals surface area contributed by atoms with Crippen molar-refractivity contribution in [3.63, 3.8) is 0 Å². The van der Waals surface area contributed by atoms with Crippen molar-refractivity contribution < 1.29 is 114 Å². The van der Waals surface area contributed by atoms with Gasteiger partial charge >= 0.3 is 47.8 Å². The summed E-state index contributed by atoms with van der Waals surface area (Å²) in [6.07, 6.45) is 21.8. The molecule has 0 N–H and O–H groups in total. The van der Waals surface area contributed by atoms with Crippen LogP contribution < -0.4 is 18.9 Å². The number of unbranched alkanes of at least 4 members (excludes halogenated alkanes) is 16. The fourth-order valence-electron chi connectivity index (χ4n) is 14.1. The van der Waals surface area contributed by atoms with Crippen molar-refractivity contribution in [3.8, 4) is 23.0 Å². The lowest BCUT2D eigenvalue weighted by Gasteiger charge is -2.25. The Kier molecular flexibility index (Phi) is 49.8. The number of fused-ring (bicyclic) bond motifs is 8. The van der Waals surface area contributed by atoms with Gasteiger partial charge in [-0.05, 0) is 172 Å². The summed E-state index contributed by atoms with van der Waals surface area (Å²) in [5.41, 5.74) is 10.0. The van der Waals surface area contributed by atoms with Crippen LogP contribution in [0.1, 0.15) is 302 Å². The number of ketones is 4. The van der Waals surface area contributed by atoms with Crippen LogP contribution in [-0.4, -0.2) is 150 Å². The van der Waals surface area contributed by atoms with Crippen molar-refractivity contribution in [2.75, 3.05) is 79.3 Å². The average Bonchev–Trinajstić information content (AvgIpc) is 0.770. The van der Waals surface area contributed by atoms with Gasteiger partial charge in [-0.15, -0.1) is 0 Å². The molecule has 24 heteroatoms. The number of carbonyl (C=O) groups is 12. The number of rotatable bonds is 64. The highest BCUT2D eigenvalue weighted by molar-refractivity contribution is 5.97. The highest BCUT2D eigenvalue weighted by atomic mass is 16.6. The Balaban J connectivity index is 1.90. The molecule has 0 atom stereocenters. The topological polar surface area (TPSA) is 316 Å². The first-order valence-corrected chi connectivity index (χ1v) is 44.7. The quantitative estimate of drug-likeness (QED) is 0.0115. The number of esters is 8. The first kappa shape index (κ1) is 104. The van der Waals surface area contributed by atoms with Crippen LogP contribution in [0.2, 0.25) is 0 Å². The van der Waals surface area contributed by atoms with Crippen LogP contribution in [-0.2, 0) is 147 Å². The van der Waals surface area contributed by atoms with Crippen LogP contribution in [0.5, 0.6) is 23.0 Å². The Labute approximate surface area is 734 Å². The van der Waals surface area contributed by atoms with Gasteiger partial charge in [0, 0.05) is 25.7 Å². The molecule has 24 nitrogen and oxygen atoms in total. The minimum atomic E-state index is -0.787. The zero-order valence-corrected chi connectivity index (χ0v) is 75.2. The van der Waals surface area contributed by atoms with Crippen molar-refractivity contribution >= 4 is 70.9 Å². The molecule has 4 aromatic carbocycles. The molecule has 0 spiro atoms. The van der Waals surface area contributed by atoms with E-state index in [1.165, 1.54) is 27.7 Å². The second-order valence-corrected chi connectivity index (χ2v) is 32.3. The van der Waals surface area contributed by atoms with Crippen LogP contribution >= 0.6 is 0 Å². The molecule has 0 fully saturated rings. The molecule has 124 heavy (non-hydrogen) atoms. The molecular formula is C100H136O24. The summed E-state index contributed by atoms with van der Waals surface area (Å²) in [4.78, 5) is 150. The molecule has 4 aromatic rings. The van der Waals surface area contributed by atoms with Crippen molar-refractivity contribution in [2.45, 2.75) is 287 Å². The second-order valence-electron chi connectivity index (χ2n) is 32.3. The fraction of sp³-hybridized carbons (Fsp3) is 0.560. The molecule has 0 amide bonds. The Morgan fingerprint density at radius 3 is 0.589 bits per heavy atom. The second kappa shape index (κ2) is 59.3. The van der Waals surface area contributed by atoms with Gasteiger partial charge in [0.15, 0.2) is 0 Å². The highest BCUT2D eigenvalue weighted by Crippen LogP contribution is 2.42. The molecule has 8 bridgehead atoms. The molecule has 1 aliphatic carbocycles. The maximum absolute atomic E-state index is 13.4. The largest absolute Gasteiger partial charge is 0.493 e. The van der Waals surface area contributed by atoms with Crippen molar-refractivity contribution in [1.29, 1.82) is 0 Å². The Bertz CT molecular complexity index is 3620. The van der Waals surface area contributed by atoms with Gasteiger partial charge in [-0.3, -0.25) is 38.4 Å². The molecule has 1 aliphatic rings. The summed E-state index contributed by atoms with van der Waals surface area (Å²) >= 11 is 0. The van der Waals surface area contributed by atoms with Crippen LogP contribution in [0.25, 0.3) is 0 Å². The molecule has 0 saturated carbocycles. The van der Waals surface area contributed by atoms with Crippen molar-refractivity contribution in [1.82, 2.24) is 0 Å². The number of carbonyl (C=O) groups excluding carboxylic acids is 12. The number of ether oxygens (including phenoxy) is 12. The molecular weight excluding hydrogens is 1590 g/mol. The average molecular weight is 1720 g/mol. The van der Waals surface area contributed by atoms with Gasteiger partial charge in [-0.25, -0.2) is 19.2 Å². The monoisotopic (exact) mass is 1720 g/mol. The van der Waals surface area contributed by atoms with Gasteiger partial charge in [-0.2, -0.15) is 0 Å². The minimum absolute atomic E-state index is 0.0279. The molecule has 0 aliphatic heterocycles. The zero-order chi connectivity index (χ0) is 90.6. The lowest BCUT2D eigenvalue weighted by Crippen LogP contribution is -2.16. The summed E-state index contributed by atoms with van der Waals surface area (Å²) in [7, 11) is 0. The van der Waals surface area contributed by atoms with E-state index < -0.39 is 99.9 Å². The maximum atomic E-state index is 13.4. The van der Waals surface area contributed by atoms with E-state index in [0.29, 0.717) is 101 Å². The first-order valence-electron chi connectivity index (χ1n) is 44.7. The number of benzene rings is 4. The van der Waals surface area contributed by atoms with Gasteiger partial charge in [0.1, 0.15) is 98.2 Å². The number of hydrogen-bond donors (Lipinski definition) is 0. The predicted molar refractivity (Wildman–Crippen MR) is 473 cm³/mol. The third-order valence-corrected chi connectivity index (χ3v) is 20.4. The zero-order valence-electron chi connectivity index (χ0n) is 75.2. The summed E-state index contributed by atoms with van der Waals surface area (Å²) in [6, 6.07) is 17.2. The lowest BCUT2D eigenvalue weighted by atomic mass is 9.87. The van der Waals surface area contributed by atoms with Crippen LogP contribution in [0.15, 0.2) is 97.1 Å². The standard InChI is InChI=1S/C100H136O24/c1-13-17-21-25-29-41-113-93-81-53-77(37-33-45-117-97(109)69(5)65-121-89(105)49-73(9)101)54-82(93)62-84-56-79(39-35-47-119-99(111)71(7)67-123-91(107)51-75(11)103)58-86(95(84)115-43-31-27-23-19-15-3)64-88-60-80(40-36-48-120-100(112)72(8)68-124-92(108)52-76(12)104)59-87(96(88)116-44-32-28-24-20-16-4)63-85-57-78(55-83(61-81)94(85)114-42-30-26-22-18-14-2)38-34-46-118-98(110)70(6)66-122-90(106)50-74(10)102/h53-60H,5-8,13-52,61-68H2,1-4,9-12H3. The van der Waals surface area contributed by atoms with E-state index in [-0.39, 0.29) is 97.5 Å². The van der Waals surface area contributed by atoms with E-state index in [9.17, 15) is 57.5 Å². The minimum Gasteiger partial charge on any atom is -0.493 e. The number of hydrogen-bond acceptors (Lipinski definition) is 24. The summed E-state index contributed by atoms with van der Waals surface area (Å²) in [5.74, 6) is -5.02. The van der Waals surface area contributed by atoms with Crippen molar-refractivity contribution in [3.05, 3.63) is 164 Å². The molecule has 0 heterocycles. The Morgan fingerprint density at radius 2 is 0.419 bits per heavy atom. The number of Topliss-reactive ketones (excluding diaryl/α,β-unsaturated/α-hetero) is 4. The molecule has 680 valence electrons. The van der Waals surface area contributed by atoms with Gasteiger partial charge in [0.2, 0.25) is 0 Å². The highest BCUT2D eigenvalue weighted by Gasteiger charge is 2.27. The molecule has 0 radical (unpaired) electrons. The summed E-state index contributed by atoms with van der Waals surface area (Å²) in [5, 5.41) is 0. The van der Waals surface area contributed by atoms with Gasteiger partial charge < -0.3 is 56.8 Å². The first-order chi connectivity index (χ1) is 59.6. The van der Waals surface area contributed by atoms with E-state index in [1.54, 1.807) is 0 Å². The molecule has 0 saturated heterocycles. The van der Waals surface area contributed by atoms with Gasteiger partial charge in [0.05, 0.1) is 75.1 Å². The molecule has 0 aromatic heterocycles. The molecule has 0 unspecified atom stereocenters. The third-order valence-electron chi connectivity index (χ3n) is 20.4. The normalized spacial score (nSPS) is 11.4. The molecule has 5 rings (SSSR count). The number of aryl methyl sites for hydroxylation is 4.